The van der Waals surface area contributed by atoms with E-state index in [1.165, 1.54) is 6.92 Å². The van der Waals surface area contributed by atoms with Gasteiger partial charge in [0.15, 0.2) is 6.29 Å². The monoisotopic (exact) mass is 515 g/mol. The summed E-state index contributed by atoms with van der Waals surface area (Å²) in [5.74, 6) is -0.159. The molecule has 0 radical (unpaired) electrons. The molecule has 0 aromatic heterocycles. The van der Waals surface area contributed by atoms with Crippen LogP contribution < -0.4 is 5.32 Å². The van der Waals surface area contributed by atoms with Gasteiger partial charge in [-0.05, 0) is 16.7 Å². The Bertz CT molecular complexity index is 1160. The average molecular weight is 516 g/mol. The zero-order chi connectivity index (χ0) is 26.0. The van der Waals surface area contributed by atoms with Gasteiger partial charge in [-0.2, -0.15) is 0 Å². The molecule has 3 fully saturated rings. The van der Waals surface area contributed by atoms with Crippen molar-refractivity contribution in [2.75, 3.05) is 0 Å². The Labute approximate surface area is 223 Å². The number of hydrogen-bond donors (Lipinski definition) is 1. The van der Waals surface area contributed by atoms with Gasteiger partial charge in [0.05, 0.1) is 25.9 Å². The molecule has 7 heteroatoms. The van der Waals surface area contributed by atoms with Crippen molar-refractivity contribution < 1.29 is 28.5 Å². The molecule has 3 aromatic carbocycles. The second kappa shape index (κ2) is 11.0. The highest BCUT2D eigenvalue weighted by Crippen LogP contribution is 2.50. The lowest BCUT2D eigenvalue weighted by atomic mass is 9.70. The quantitative estimate of drug-likeness (QED) is 0.437. The molecule has 6 rings (SSSR count). The van der Waals surface area contributed by atoms with Gasteiger partial charge in [-0.25, -0.2) is 0 Å². The molecule has 0 spiro atoms. The van der Waals surface area contributed by atoms with E-state index in [1.807, 2.05) is 91.0 Å². The number of hydrogen-bond acceptors (Lipinski definition) is 6. The third-order valence-corrected chi connectivity index (χ3v) is 7.63. The number of fused-ring (bicyclic) bond motifs is 2. The van der Waals surface area contributed by atoms with E-state index < -0.39 is 30.1 Å². The van der Waals surface area contributed by atoms with E-state index in [0.29, 0.717) is 26.2 Å². The van der Waals surface area contributed by atoms with Gasteiger partial charge in [-0.1, -0.05) is 91.0 Å². The predicted octanol–water partition coefficient (Wildman–Crippen LogP) is 4.14. The lowest BCUT2D eigenvalue weighted by Crippen LogP contribution is -2.76. The van der Waals surface area contributed by atoms with E-state index in [9.17, 15) is 4.79 Å². The lowest BCUT2D eigenvalue weighted by molar-refractivity contribution is -0.258. The van der Waals surface area contributed by atoms with Crippen LogP contribution in [0.4, 0.5) is 0 Å². The van der Waals surface area contributed by atoms with Gasteiger partial charge in [-0.15, -0.1) is 0 Å². The third kappa shape index (κ3) is 5.00. The van der Waals surface area contributed by atoms with Crippen LogP contribution in [0.2, 0.25) is 0 Å². The molecule has 3 aromatic rings. The Hall–Kier alpha value is -3.07. The van der Waals surface area contributed by atoms with Crippen molar-refractivity contribution in [3.63, 3.8) is 0 Å². The summed E-state index contributed by atoms with van der Waals surface area (Å²) in [4.78, 5) is 12.7. The summed E-state index contributed by atoms with van der Waals surface area (Å²) in [6.07, 6.45) is -2.26. The number of ether oxygens (including phenoxy) is 5. The van der Waals surface area contributed by atoms with Crippen LogP contribution in [0.1, 0.15) is 30.0 Å². The average Bonchev–Trinajstić information content (AvgIpc) is 3.29. The molecule has 3 aliphatic rings. The van der Waals surface area contributed by atoms with Crippen molar-refractivity contribution in [1.29, 1.82) is 0 Å². The highest BCUT2D eigenvalue weighted by molar-refractivity contribution is 5.74. The Balaban J connectivity index is 1.31. The van der Waals surface area contributed by atoms with Crippen molar-refractivity contribution in [1.82, 2.24) is 5.32 Å². The predicted molar refractivity (Wildman–Crippen MR) is 140 cm³/mol. The van der Waals surface area contributed by atoms with Crippen molar-refractivity contribution in [3.8, 4) is 0 Å². The van der Waals surface area contributed by atoms with Gasteiger partial charge in [0, 0.05) is 13.3 Å². The standard InChI is InChI=1S/C31H33NO6/c1-21(33)32-31-17-25(34-18-22-11-5-2-6-12-22)26-27(28(31)35-19-23-13-7-3-8-14-23)38-30(37-26)29(31)36-20-24-15-9-4-10-16-24/h2-16,25-30H,17-20H2,1H3,(H,32,33)/t25-,26+,27-,28-,29-,30-,31-/m1/s1. The topological polar surface area (TPSA) is 75.3 Å². The maximum atomic E-state index is 12.7. The minimum atomic E-state index is -0.892. The van der Waals surface area contributed by atoms with E-state index in [-0.39, 0.29) is 18.1 Å². The van der Waals surface area contributed by atoms with E-state index in [0.717, 1.165) is 16.7 Å². The Morgan fingerprint density at radius 1 is 0.737 bits per heavy atom. The Morgan fingerprint density at radius 2 is 1.21 bits per heavy atom. The molecule has 1 aliphatic carbocycles. The van der Waals surface area contributed by atoms with Gasteiger partial charge in [-0.3, -0.25) is 4.79 Å². The van der Waals surface area contributed by atoms with Crippen LogP contribution in [-0.2, 0) is 48.3 Å². The van der Waals surface area contributed by atoms with Crippen LogP contribution in [0.25, 0.3) is 0 Å². The van der Waals surface area contributed by atoms with Crippen molar-refractivity contribution in [2.45, 2.75) is 75.5 Å². The first kappa shape index (κ1) is 25.2. The summed E-state index contributed by atoms with van der Waals surface area (Å²) in [6, 6.07) is 30.0. The first-order valence-corrected chi connectivity index (χ1v) is 13.2. The molecule has 1 N–H and O–H groups in total. The summed E-state index contributed by atoms with van der Waals surface area (Å²) >= 11 is 0. The molecule has 3 bridgehead atoms. The molecular formula is C31H33NO6. The van der Waals surface area contributed by atoms with Crippen LogP contribution in [0, 0.1) is 0 Å². The van der Waals surface area contributed by atoms with Gasteiger partial charge < -0.3 is 29.0 Å². The third-order valence-electron chi connectivity index (χ3n) is 7.63. The molecule has 2 saturated heterocycles. The van der Waals surface area contributed by atoms with E-state index in [2.05, 4.69) is 5.32 Å². The molecule has 198 valence electrons. The summed E-state index contributed by atoms with van der Waals surface area (Å²) in [7, 11) is 0. The van der Waals surface area contributed by atoms with Crippen LogP contribution >= 0.6 is 0 Å². The fourth-order valence-electron chi connectivity index (χ4n) is 6.01. The largest absolute Gasteiger partial charge is 0.371 e. The van der Waals surface area contributed by atoms with E-state index >= 15 is 0 Å². The molecule has 7 nitrogen and oxygen atoms in total. The van der Waals surface area contributed by atoms with Gasteiger partial charge >= 0.3 is 0 Å². The highest BCUT2D eigenvalue weighted by atomic mass is 16.8. The summed E-state index contributed by atoms with van der Waals surface area (Å²) in [5, 5.41) is 3.26. The second-order valence-corrected chi connectivity index (χ2v) is 10.3. The van der Waals surface area contributed by atoms with Crippen molar-refractivity contribution >= 4 is 5.91 Å². The highest BCUT2D eigenvalue weighted by Gasteiger charge is 2.70. The minimum Gasteiger partial charge on any atom is -0.371 e. The first-order chi connectivity index (χ1) is 18.6. The number of carbonyl (C=O) groups is 1. The second-order valence-electron chi connectivity index (χ2n) is 10.3. The van der Waals surface area contributed by atoms with Crippen LogP contribution in [0.5, 0.6) is 0 Å². The Morgan fingerprint density at radius 3 is 1.74 bits per heavy atom. The van der Waals surface area contributed by atoms with Gasteiger partial charge in [0.25, 0.3) is 0 Å². The summed E-state index contributed by atoms with van der Waals surface area (Å²) in [6.45, 7) is 2.70. The summed E-state index contributed by atoms with van der Waals surface area (Å²) in [5.41, 5.74) is 2.25. The molecule has 2 heterocycles. The maximum Gasteiger partial charge on any atom is 0.217 e. The molecule has 1 saturated carbocycles. The number of nitrogens with one attached hydrogen (secondary N) is 1. The van der Waals surface area contributed by atoms with Crippen LogP contribution in [0.15, 0.2) is 91.0 Å². The molecule has 2 aliphatic heterocycles. The SMILES string of the molecule is CC(=O)N[C@]12C[C@@H](OCc3ccccc3)[C@@H]3O[C@H](O[C@H]3[C@H]1OCc1ccccc1)[C@H]2OCc1ccccc1. The van der Waals surface area contributed by atoms with E-state index in [1.54, 1.807) is 0 Å². The van der Waals surface area contributed by atoms with E-state index in [4.69, 9.17) is 23.7 Å². The molecule has 0 unspecified atom stereocenters. The van der Waals surface area contributed by atoms with Crippen LogP contribution in [0.3, 0.4) is 0 Å². The first-order valence-electron chi connectivity index (χ1n) is 13.2. The number of rotatable bonds is 10. The van der Waals surface area contributed by atoms with Crippen molar-refractivity contribution in [2.24, 2.45) is 0 Å². The zero-order valence-electron chi connectivity index (χ0n) is 21.4. The zero-order valence-corrected chi connectivity index (χ0v) is 21.4. The van der Waals surface area contributed by atoms with Crippen LogP contribution in [-0.4, -0.2) is 48.3 Å². The fraction of sp³-hybridized carbons (Fsp3) is 0.387. The van der Waals surface area contributed by atoms with Gasteiger partial charge in [0.1, 0.15) is 30.0 Å². The molecule has 38 heavy (non-hydrogen) atoms. The number of benzene rings is 3. The number of carbonyl (C=O) groups excluding carboxylic acids is 1. The molecular weight excluding hydrogens is 482 g/mol. The normalized spacial score (nSPS) is 31.3. The smallest absolute Gasteiger partial charge is 0.217 e. The summed E-state index contributed by atoms with van der Waals surface area (Å²) < 4.78 is 32.4. The molecule has 7 atom stereocenters. The molecule has 1 amide bonds. The van der Waals surface area contributed by atoms with Crippen molar-refractivity contribution in [3.05, 3.63) is 108 Å². The maximum absolute atomic E-state index is 12.7. The Kier molecular flexibility index (Phi) is 7.28. The fourth-order valence-corrected chi connectivity index (χ4v) is 6.01. The lowest BCUT2D eigenvalue weighted by Gasteiger charge is -2.54. The number of amides is 1. The minimum absolute atomic E-state index is 0.159. The van der Waals surface area contributed by atoms with Gasteiger partial charge in [0.2, 0.25) is 5.91 Å².